The number of hydrogen-bond donors (Lipinski definition) is 2. The van der Waals surface area contributed by atoms with E-state index < -0.39 is 11.7 Å². The quantitative estimate of drug-likeness (QED) is 0.877. The second-order valence-corrected chi connectivity index (χ2v) is 8.19. The number of hydrogen-bond acceptors (Lipinski definition) is 4. The Kier molecular flexibility index (Phi) is 5.41. The number of nitrogens with one attached hydrogen (secondary N) is 1. The molecule has 0 saturated heterocycles. The zero-order valence-corrected chi connectivity index (χ0v) is 14.2. The van der Waals surface area contributed by atoms with Crippen molar-refractivity contribution in [3.8, 4) is 0 Å². The molecule has 19 heavy (non-hydrogen) atoms. The maximum Gasteiger partial charge on any atom is 0.407 e. The van der Waals surface area contributed by atoms with E-state index in [1.165, 1.54) is 0 Å². The fourth-order valence-corrected chi connectivity index (χ4v) is 3.02. The second-order valence-electron chi connectivity index (χ2n) is 5.72. The lowest BCUT2D eigenvalue weighted by atomic mass is 9.89. The average molecular weight is 349 g/mol. The summed E-state index contributed by atoms with van der Waals surface area (Å²) in [4.78, 5) is 12.8. The van der Waals surface area contributed by atoms with Crippen molar-refractivity contribution in [2.75, 3.05) is 13.1 Å². The Hall–Kier alpha value is -0.590. The molecule has 108 valence electrons. The van der Waals surface area contributed by atoms with Crippen LogP contribution >= 0.6 is 27.3 Å². The number of ether oxygens (including phenoxy) is 1. The fourth-order valence-electron chi connectivity index (χ4n) is 1.48. The molecule has 6 heteroatoms. The number of carbonyl (C=O) groups is 1. The molecule has 1 amide bonds. The Morgan fingerprint density at radius 1 is 1.42 bits per heavy atom. The van der Waals surface area contributed by atoms with Crippen LogP contribution in [-0.4, -0.2) is 24.8 Å². The van der Waals surface area contributed by atoms with E-state index in [-0.39, 0.29) is 5.41 Å². The SMILES string of the molecule is CC(C)(C)OC(=O)NCC(C)(CN)c1ccc(Br)s1. The topological polar surface area (TPSA) is 64.3 Å². The summed E-state index contributed by atoms with van der Waals surface area (Å²) < 4.78 is 6.28. The van der Waals surface area contributed by atoms with Crippen LogP contribution in [0.25, 0.3) is 0 Å². The lowest BCUT2D eigenvalue weighted by Crippen LogP contribution is -2.44. The number of nitrogens with two attached hydrogens (primary N) is 1. The third kappa shape index (κ3) is 5.12. The molecule has 0 spiro atoms. The van der Waals surface area contributed by atoms with Crippen molar-refractivity contribution in [3.05, 3.63) is 20.8 Å². The van der Waals surface area contributed by atoms with E-state index in [4.69, 9.17) is 10.5 Å². The molecule has 0 radical (unpaired) electrons. The summed E-state index contributed by atoms with van der Waals surface area (Å²) in [6.07, 6.45) is -0.414. The molecule has 0 aromatic carbocycles. The van der Waals surface area contributed by atoms with Gasteiger partial charge in [-0.3, -0.25) is 0 Å². The summed E-state index contributed by atoms with van der Waals surface area (Å²) in [5.74, 6) is 0. The van der Waals surface area contributed by atoms with Crippen molar-refractivity contribution >= 4 is 33.4 Å². The number of amides is 1. The highest BCUT2D eigenvalue weighted by Crippen LogP contribution is 2.32. The van der Waals surface area contributed by atoms with Gasteiger partial charge in [-0.2, -0.15) is 0 Å². The Bertz CT molecular complexity index is 442. The van der Waals surface area contributed by atoms with Gasteiger partial charge in [0.15, 0.2) is 0 Å². The van der Waals surface area contributed by atoms with Crippen molar-refractivity contribution in [1.29, 1.82) is 0 Å². The van der Waals surface area contributed by atoms with Gasteiger partial charge in [-0.1, -0.05) is 6.92 Å². The van der Waals surface area contributed by atoms with Crippen LogP contribution in [0.4, 0.5) is 4.79 Å². The van der Waals surface area contributed by atoms with Crippen LogP contribution in [0, 0.1) is 0 Å². The lowest BCUT2D eigenvalue weighted by Gasteiger charge is -2.28. The van der Waals surface area contributed by atoms with E-state index in [2.05, 4.69) is 21.2 Å². The molecule has 1 atom stereocenters. The molecule has 1 aromatic heterocycles. The minimum atomic E-state index is -0.491. The van der Waals surface area contributed by atoms with Crippen molar-refractivity contribution in [3.63, 3.8) is 0 Å². The Morgan fingerprint density at radius 2 is 2.05 bits per heavy atom. The molecule has 0 aliphatic heterocycles. The molecular weight excluding hydrogens is 328 g/mol. The molecule has 0 aliphatic carbocycles. The van der Waals surface area contributed by atoms with E-state index in [1.807, 2.05) is 39.8 Å². The summed E-state index contributed by atoms with van der Waals surface area (Å²) in [7, 11) is 0. The molecule has 1 rings (SSSR count). The predicted octanol–water partition coefficient (Wildman–Crippen LogP) is 3.25. The van der Waals surface area contributed by atoms with Crippen LogP contribution in [0.1, 0.15) is 32.6 Å². The van der Waals surface area contributed by atoms with Crippen LogP contribution < -0.4 is 11.1 Å². The number of thiophene rings is 1. The fraction of sp³-hybridized carbons (Fsp3) is 0.615. The third-order valence-corrected chi connectivity index (χ3v) is 4.57. The first-order valence-corrected chi connectivity index (χ1v) is 7.70. The number of rotatable bonds is 4. The van der Waals surface area contributed by atoms with Gasteiger partial charge in [0.25, 0.3) is 0 Å². The summed E-state index contributed by atoms with van der Waals surface area (Å²) in [6, 6.07) is 4.01. The van der Waals surface area contributed by atoms with Crippen LogP contribution in [0.15, 0.2) is 15.9 Å². The van der Waals surface area contributed by atoms with Gasteiger partial charge in [0, 0.05) is 23.4 Å². The molecular formula is C13H21BrN2O2S. The van der Waals surface area contributed by atoms with E-state index in [1.54, 1.807) is 11.3 Å². The molecule has 4 nitrogen and oxygen atoms in total. The van der Waals surface area contributed by atoms with Crippen molar-refractivity contribution in [1.82, 2.24) is 5.32 Å². The van der Waals surface area contributed by atoms with Crippen LogP contribution in [0.5, 0.6) is 0 Å². The molecule has 0 bridgehead atoms. The van der Waals surface area contributed by atoms with Gasteiger partial charge < -0.3 is 15.8 Å². The average Bonchev–Trinajstić information content (AvgIpc) is 2.71. The van der Waals surface area contributed by atoms with Crippen molar-refractivity contribution < 1.29 is 9.53 Å². The first kappa shape index (κ1) is 16.5. The maximum atomic E-state index is 11.7. The van der Waals surface area contributed by atoms with Crippen molar-refractivity contribution in [2.24, 2.45) is 5.73 Å². The lowest BCUT2D eigenvalue weighted by molar-refractivity contribution is 0.0517. The van der Waals surface area contributed by atoms with Crippen LogP contribution in [0.2, 0.25) is 0 Å². The molecule has 0 saturated carbocycles. The predicted molar refractivity (Wildman–Crippen MR) is 82.7 cm³/mol. The van der Waals surface area contributed by atoms with E-state index in [9.17, 15) is 4.79 Å². The largest absolute Gasteiger partial charge is 0.444 e. The number of carbonyl (C=O) groups excluding carboxylic acids is 1. The van der Waals surface area contributed by atoms with Gasteiger partial charge in [-0.05, 0) is 48.8 Å². The highest BCUT2D eigenvalue weighted by molar-refractivity contribution is 9.11. The Morgan fingerprint density at radius 3 is 2.47 bits per heavy atom. The molecule has 0 aliphatic rings. The molecule has 1 aromatic rings. The molecule has 1 heterocycles. The first-order chi connectivity index (χ1) is 8.66. The first-order valence-electron chi connectivity index (χ1n) is 6.09. The Balaban J connectivity index is 2.65. The molecule has 0 fully saturated rings. The number of alkyl carbamates (subject to hydrolysis) is 1. The van der Waals surface area contributed by atoms with Gasteiger partial charge in [-0.15, -0.1) is 11.3 Å². The summed E-state index contributed by atoms with van der Waals surface area (Å²) in [5, 5.41) is 2.79. The van der Waals surface area contributed by atoms with Crippen molar-refractivity contribution in [2.45, 2.75) is 38.7 Å². The summed E-state index contributed by atoms with van der Waals surface area (Å²) in [6.45, 7) is 8.45. The normalized spacial score (nSPS) is 14.8. The zero-order valence-electron chi connectivity index (χ0n) is 11.7. The number of halogens is 1. The van der Waals surface area contributed by atoms with E-state index in [0.717, 1.165) is 8.66 Å². The summed E-state index contributed by atoms with van der Waals surface area (Å²) in [5.41, 5.74) is 5.09. The van der Waals surface area contributed by atoms with Gasteiger partial charge in [-0.25, -0.2) is 4.79 Å². The summed E-state index contributed by atoms with van der Waals surface area (Å²) >= 11 is 5.07. The van der Waals surface area contributed by atoms with Crippen LogP contribution in [0.3, 0.4) is 0 Å². The standard InChI is InChI=1S/C13H21BrN2O2S/c1-12(2,3)18-11(17)16-8-13(4,7-15)9-5-6-10(14)19-9/h5-6H,7-8,15H2,1-4H3,(H,16,17). The maximum absolute atomic E-state index is 11.7. The highest BCUT2D eigenvalue weighted by Gasteiger charge is 2.28. The minimum Gasteiger partial charge on any atom is -0.444 e. The smallest absolute Gasteiger partial charge is 0.407 e. The van der Waals surface area contributed by atoms with Crippen LogP contribution in [-0.2, 0) is 10.2 Å². The molecule has 3 N–H and O–H groups in total. The van der Waals surface area contributed by atoms with Gasteiger partial charge in [0.1, 0.15) is 5.60 Å². The van der Waals surface area contributed by atoms with Gasteiger partial charge in [0.2, 0.25) is 0 Å². The molecule has 1 unspecified atom stereocenters. The van der Waals surface area contributed by atoms with Gasteiger partial charge in [0.05, 0.1) is 3.79 Å². The van der Waals surface area contributed by atoms with E-state index >= 15 is 0 Å². The third-order valence-electron chi connectivity index (χ3n) is 2.64. The minimum absolute atomic E-state index is 0.284. The second kappa shape index (κ2) is 6.24. The monoisotopic (exact) mass is 348 g/mol. The van der Waals surface area contributed by atoms with E-state index in [0.29, 0.717) is 13.1 Å². The van der Waals surface area contributed by atoms with Gasteiger partial charge >= 0.3 is 6.09 Å². The highest BCUT2D eigenvalue weighted by atomic mass is 79.9. The Labute approximate surface area is 126 Å². The zero-order chi connectivity index (χ0) is 14.7.